The molecule has 20 heavy (non-hydrogen) atoms. The van der Waals surface area contributed by atoms with Crippen LogP contribution in [0.25, 0.3) is 0 Å². The Kier molecular flexibility index (Phi) is 4.17. The number of nitrogens with zero attached hydrogens (tertiary/aromatic N) is 1. The molecule has 0 bridgehead atoms. The Morgan fingerprint density at radius 1 is 1.55 bits per heavy atom. The number of hydrogen-bond acceptors (Lipinski definition) is 4. The van der Waals surface area contributed by atoms with E-state index in [1.165, 1.54) is 23.9 Å². The Morgan fingerprint density at radius 3 is 2.60 bits per heavy atom. The summed E-state index contributed by atoms with van der Waals surface area (Å²) in [5.74, 6) is -1.14. The van der Waals surface area contributed by atoms with E-state index in [9.17, 15) is 13.2 Å². The van der Waals surface area contributed by atoms with Gasteiger partial charge in [-0.15, -0.1) is 0 Å². The highest BCUT2D eigenvalue weighted by Crippen LogP contribution is 2.42. The van der Waals surface area contributed by atoms with Crippen molar-refractivity contribution in [2.24, 2.45) is 7.05 Å². The van der Waals surface area contributed by atoms with Crippen molar-refractivity contribution >= 4 is 27.8 Å². The number of aromatic nitrogens is 1. The second-order valence-electron chi connectivity index (χ2n) is 5.04. The lowest BCUT2D eigenvalue weighted by Crippen LogP contribution is -2.45. The van der Waals surface area contributed by atoms with E-state index in [0.717, 1.165) is 19.3 Å². The quantitative estimate of drug-likeness (QED) is 0.825. The highest BCUT2D eigenvalue weighted by Gasteiger charge is 2.37. The van der Waals surface area contributed by atoms with Crippen molar-refractivity contribution in [1.82, 2.24) is 9.29 Å². The Balaban J connectivity index is 2.14. The summed E-state index contributed by atoms with van der Waals surface area (Å²) in [4.78, 5) is 10.9. The first-order valence-electron chi connectivity index (χ1n) is 6.24. The Bertz CT molecular complexity index is 612. The van der Waals surface area contributed by atoms with E-state index in [1.54, 1.807) is 11.8 Å². The summed E-state index contributed by atoms with van der Waals surface area (Å²) in [6.45, 7) is 0.383. The molecule has 1 heterocycles. The molecule has 1 fully saturated rings. The number of aryl methyl sites for hydroxylation is 1. The van der Waals surface area contributed by atoms with Crippen molar-refractivity contribution in [2.75, 3.05) is 12.8 Å². The second-order valence-corrected chi connectivity index (χ2v) is 8.08. The number of carboxylic acids is 1. The maximum absolute atomic E-state index is 12.2. The standard InChI is InChI=1S/C12H18N2O4S2/c1-14-7-9(6-10(14)11(15)16)20(17,18)13-8-12(19-2)4-3-5-12/h6-7,13H,3-5,8H2,1-2H3,(H,15,16). The van der Waals surface area contributed by atoms with E-state index >= 15 is 0 Å². The van der Waals surface area contributed by atoms with Crippen LogP contribution in [0.2, 0.25) is 0 Å². The fourth-order valence-electron chi connectivity index (χ4n) is 2.23. The van der Waals surface area contributed by atoms with Gasteiger partial charge in [-0.1, -0.05) is 6.42 Å². The average molecular weight is 318 g/mol. The van der Waals surface area contributed by atoms with Crippen LogP contribution < -0.4 is 4.72 Å². The van der Waals surface area contributed by atoms with Gasteiger partial charge in [-0.2, -0.15) is 11.8 Å². The number of rotatable bonds is 6. The summed E-state index contributed by atoms with van der Waals surface area (Å²) in [5.41, 5.74) is -0.0476. The summed E-state index contributed by atoms with van der Waals surface area (Å²) < 4.78 is 28.3. The third-order valence-corrected chi connectivity index (χ3v) is 6.58. The number of hydrogen-bond donors (Lipinski definition) is 2. The van der Waals surface area contributed by atoms with Crippen LogP contribution in [0.15, 0.2) is 17.2 Å². The van der Waals surface area contributed by atoms with Gasteiger partial charge in [-0.05, 0) is 25.2 Å². The predicted octanol–water partition coefficient (Wildman–Crippen LogP) is 1.29. The van der Waals surface area contributed by atoms with Gasteiger partial charge in [0.2, 0.25) is 10.0 Å². The third-order valence-electron chi connectivity index (χ3n) is 3.79. The number of nitrogens with one attached hydrogen (secondary N) is 1. The van der Waals surface area contributed by atoms with Crippen molar-refractivity contribution in [3.05, 3.63) is 18.0 Å². The van der Waals surface area contributed by atoms with E-state index in [2.05, 4.69) is 4.72 Å². The molecule has 1 aliphatic rings. The van der Waals surface area contributed by atoms with Gasteiger partial charge in [0, 0.05) is 24.5 Å². The van der Waals surface area contributed by atoms with E-state index in [1.807, 2.05) is 6.26 Å². The van der Waals surface area contributed by atoms with Gasteiger partial charge in [0.05, 0.1) is 0 Å². The van der Waals surface area contributed by atoms with Crippen LogP contribution in [0.3, 0.4) is 0 Å². The van der Waals surface area contributed by atoms with Crippen LogP contribution in [0, 0.1) is 0 Å². The summed E-state index contributed by atoms with van der Waals surface area (Å²) in [6, 6.07) is 1.18. The topological polar surface area (TPSA) is 88.4 Å². The van der Waals surface area contributed by atoms with Crippen LogP contribution >= 0.6 is 11.8 Å². The van der Waals surface area contributed by atoms with Gasteiger partial charge in [0.25, 0.3) is 0 Å². The lowest BCUT2D eigenvalue weighted by Gasteiger charge is -2.40. The number of thioether (sulfide) groups is 1. The van der Waals surface area contributed by atoms with Gasteiger partial charge >= 0.3 is 5.97 Å². The minimum atomic E-state index is -3.66. The molecule has 0 aliphatic heterocycles. The maximum atomic E-state index is 12.2. The molecule has 2 N–H and O–H groups in total. The summed E-state index contributed by atoms with van der Waals surface area (Å²) in [7, 11) is -2.15. The minimum absolute atomic E-state index is 0.00250. The van der Waals surface area contributed by atoms with Crippen LogP contribution in [-0.2, 0) is 17.1 Å². The largest absolute Gasteiger partial charge is 0.477 e. The number of aromatic carboxylic acids is 1. The van der Waals surface area contributed by atoms with E-state index in [4.69, 9.17) is 5.11 Å². The normalized spacial score (nSPS) is 17.7. The fraction of sp³-hybridized carbons (Fsp3) is 0.583. The molecule has 0 radical (unpaired) electrons. The molecule has 0 unspecified atom stereocenters. The lowest BCUT2D eigenvalue weighted by atomic mass is 9.84. The highest BCUT2D eigenvalue weighted by atomic mass is 32.2. The average Bonchev–Trinajstić information content (AvgIpc) is 2.71. The SMILES string of the molecule is CSC1(CNS(=O)(=O)c2cc(C(=O)O)n(C)c2)CCC1. The first-order valence-corrected chi connectivity index (χ1v) is 8.95. The van der Waals surface area contributed by atoms with Gasteiger partial charge in [0.1, 0.15) is 10.6 Å². The van der Waals surface area contributed by atoms with Crippen molar-refractivity contribution in [2.45, 2.75) is 28.9 Å². The molecule has 0 spiro atoms. The third kappa shape index (κ3) is 2.87. The molecule has 1 aliphatic carbocycles. The van der Waals surface area contributed by atoms with E-state index in [0.29, 0.717) is 6.54 Å². The van der Waals surface area contributed by atoms with Crippen molar-refractivity contribution in [3.63, 3.8) is 0 Å². The molecule has 1 aromatic heterocycles. The highest BCUT2D eigenvalue weighted by molar-refractivity contribution is 8.00. The van der Waals surface area contributed by atoms with Crippen LogP contribution in [0.1, 0.15) is 29.8 Å². The first-order chi connectivity index (χ1) is 9.30. The molecule has 0 aromatic carbocycles. The molecule has 6 nitrogen and oxygen atoms in total. The molecular formula is C12H18N2O4S2. The van der Waals surface area contributed by atoms with Gasteiger partial charge < -0.3 is 9.67 Å². The zero-order valence-electron chi connectivity index (χ0n) is 11.4. The Morgan fingerprint density at radius 2 is 2.20 bits per heavy atom. The summed E-state index contributed by atoms with van der Waals surface area (Å²) in [6.07, 6.45) is 6.44. The van der Waals surface area contributed by atoms with Crippen molar-refractivity contribution < 1.29 is 18.3 Å². The van der Waals surface area contributed by atoms with E-state index in [-0.39, 0.29) is 15.3 Å². The molecule has 112 valence electrons. The van der Waals surface area contributed by atoms with Gasteiger partial charge in [-0.3, -0.25) is 0 Å². The number of sulfonamides is 1. The zero-order valence-corrected chi connectivity index (χ0v) is 13.1. The van der Waals surface area contributed by atoms with Gasteiger partial charge in [-0.25, -0.2) is 17.9 Å². The van der Waals surface area contributed by atoms with Crippen LogP contribution in [0.5, 0.6) is 0 Å². The number of carboxylic acid groups (broad SMARTS) is 1. The molecule has 1 saturated carbocycles. The molecule has 0 atom stereocenters. The molecule has 2 rings (SSSR count). The minimum Gasteiger partial charge on any atom is -0.477 e. The fourth-order valence-corrected chi connectivity index (χ4v) is 4.43. The molecule has 8 heteroatoms. The van der Waals surface area contributed by atoms with Crippen molar-refractivity contribution in [3.8, 4) is 0 Å². The Hall–Kier alpha value is -0.990. The van der Waals surface area contributed by atoms with Crippen LogP contribution in [0.4, 0.5) is 0 Å². The smallest absolute Gasteiger partial charge is 0.352 e. The second kappa shape index (κ2) is 5.42. The lowest BCUT2D eigenvalue weighted by molar-refractivity contribution is 0.0686. The molecular weight excluding hydrogens is 300 g/mol. The van der Waals surface area contributed by atoms with Gasteiger partial charge in [0.15, 0.2) is 0 Å². The first kappa shape index (κ1) is 15.4. The van der Waals surface area contributed by atoms with Crippen molar-refractivity contribution in [1.29, 1.82) is 0 Å². The monoisotopic (exact) mass is 318 g/mol. The predicted molar refractivity (Wildman–Crippen MR) is 77.7 cm³/mol. The number of carbonyl (C=O) groups is 1. The Labute approximate surface area is 122 Å². The summed E-state index contributed by atoms with van der Waals surface area (Å²) >= 11 is 1.68. The zero-order chi connectivity index (χ0) is 15.0. The van der Waals surface area contributed by atoms with Crippen LogP contribution in [-0.4, -0.2) is 41.6 Å². The molecule has 0 amide bonds. The van der Waals surface area contributed by atoms with E-state index < -0.39 is 16.0 Å². The summed E-state index contributed by atoms with van der Waals surface area (Å²) in [5, 5.41) is 8.95. The molecule has 1 aromatic rings. The molecule has 0 saturated heterocycles. The maximum Gasteiger partial charge on any atom is 0.352 e.